The van der Waals surface area contributed by atoms with E-state index in [9.17, 15) is 0 Å². The van der Waals surface area contributed by atoms with E-state index < -0.39 is 0 Å². The van der Waals surface area contributed by atoms with Gasteiger partial charge < -0.3 is 14.2 Å². The minimum Gasteiger partial charge on any atom is -0.377 e. The van der Waals surface area contributed by atoms with Crippen LogP contribution in [0.2, 0.25) is 0 Å². The number of fused-ring (bicyclic) bond motifs is 1. The third kappa shape index (κ3) is 2.96. The highest BCUT2D eigenvalue weighted by Crippen LogP contribution is 2.37. The molecule has 0 saturated carbocycles. The first-order valence-corrected chi connectivity index (χ1v) is 9.74. The van der Waals surface area contributed by atoms with Gasteiger partial charge in [-0.3, -0.25) is 10.1 Å². The molecule has 1 N–H and O–H groups in total. The zero-order chi connectivity index (χ0) is 20.0. The average molecular weight is 389 g/mol. The van der Waals surface area contributed by atoms with Crippen molar-refractivity contribution < 1.29 is 4.74 Å². The van der Waals surface area contributed by atoms with Crippen LogP contribution in [0.15, 0.2) is 37.1 Å². The summed E-state index contributed by atoms with van der Waals surface area (Å²) < 4.78 is 7.67. The molecule has 5 heterocycles. The molecular weight excluding hydrogens is 366 g/mol. The van der Waals surface area contributed by atoms with E-state index in [1.807, 2.05) is 36.4 Å². The second-order valence-electron chi connectivity index (χ2n) is 7.52. The monoisotopic (exact) mass is 389 g/mol. The fraction of sp³-hybridized carbons (Fsp3) is 0.333. The zero-order valence-electron chi connectivity index (χ0n) is 16.8. The predicted octanol–water partition coefficient (Wildman–Crippen LogP) is 2.95. The lowest BCUT2D eigenvalue weighted by molar-refractivity contribution is 0.0986. The minimum atomic E-state index is 0.251. The Morgan fingerprint density at radius 3 is 2.90 bits per heavy atom. The summed E-state index contributed by atoms with van der Waals surface area (Å²) in [6.07, 6.45) is 7.36. The van der Waals surface area contributed by atoms with Crippen molar-refractivity contribution in [3.8, 4) is 22.6 Å². The van der Waals surface area contributed by atoms with E-state index in [0.717, 1.165) is 51.5 Å². The van der Waals surface area contributed by atoms with Gasteiger partial charge in [0, 0.05) is 36.9 Å². The van der Waals surface area contributed by atoms with Crippen molar-refractivity contribution in [1.29, 1.82) is 0 Å². The summed E-state index contributed by atoms with van der Waals surface area (Å²) >= 11 is 0. The topological polar surface area (TPSA) is 84.8 Å². The summed E-state index contributed by atoms with van der Waals surface area (Å²) in [7, 11) is 2.01. The maximum atomic E-state index is 5.64. The number of aryl methyl sites for hydroxylation is 2. The highest BCUT2D eigenvalue weighted by Gasteiger charge is 2.24. The molecule has 0 aliphatic carbocycles. The quantitative estimate of drug-likeness (QED) is 0.580. The lowest BCUT2D eigenvalue weighted by Gasteiger charge is -2.34. The third-order valence-electron chi connectivity index (χ3n) is 5.52. The number of imidazole rings is 1. The first kappa shape index (κ1) is 17.8. The van der Waals surface area contributed by atoms with Crippen LogP contribution in [-0.4, -0.2) is 55.5 Å². The van der Waals surface area contributed by atoms with E-state index in [1.165, 1.54) is 0 Å². The number of aromatic amines is 1. The smallest absolute Gasteiger partial charge is 0.130 e. The molecule has 1 atom stereocenters. The molecule has 1 saturated heterocycles. The Labute approximate surface area is 168 Å². The minimum absolute atomic E-state index is 0.251. The van der Waals surface area contributed by atoms with Crippen molar-refractivity contribution in [1.82, 2.24) is 29.7 Å². The van der Waals surface area contributed by atoms with Crippen LogP contribution in [0, 0.1) is 6.92 Å². The predicted molar refractivity (Wildman–Crippen MR) is 112 cm³/mol. The Hall–Kier alpha value is -3.26. The Kier molecular flexibility index (Phi) is 4.28. The largest absolute Gasteiger partial charge is 0.377 e. The van der Waals surface area contributed by atoms with E-state index in [4.69, 9.17) is 14.7 Å². The number of nitrogens with one attached hydrogen (secondary N) is 1. The number of rotatable bonds is 3. The number of nitrogens with zero attached hydrogens (tertiary/aromatic N) is 6. The molecule has 8 nitrogen and oxygen atoms in total. The Balaban J connectivity index is 1.84. The average Bonchev–Trinajstić information content (AvgIpc) is 3.40. The highest BCUT2D eigenvalue weighted by atomic mass is 16.5. The van der Waals surface area contributed by atoms with Crippen molar-refractivity contribution in [2.45, 2.75) is 19.9 Å². The summed E-state index contributed by atoms with van der Waals surface area (Å²) in [4.78, 5) is 16.4. The highest BCUT2D eigenvalue weighted by molar-refractivity contribution is 6.02. The van der Waals surface area contributed by atoms with Crippen molar-refractivity contribution in [2.24, 2.45) is 7.05 Å². The van der Waals surface area contributed by atoms with Gasteiger partial charge in [-0.05, 0) is 31.5 Å². The van der Waals surface area contributed by atoms with Crippen LogP contribution in [0.3, 0.4) is 0 Å². The van der Waals surface area contributed by atoms with Crippen LogP contribution in [0.4, 0.5) is 5.82 Å². The second-order valence-corrected chi connectivity index (χ2v) is 7.52. The number of aromatic nitrogens is 6. The molecule has 0 aromatic carbocycles. The molecule has 0 radical (unpaired) electrons. The van der Waals surface area contributed by atoms with E-state index in [1.54, 1.807) is 6.20 Å². The molecular formula is C21H23N7O. The Morgan fingerprint density at radius 2 is 2.17 bits per heavy atom. The van der Waals surface area contributed by atoms with Crippen LogP contribution in [0.1, 0.15) is 12.5 Å². The van der Waals surface area contributed by atoms with Gasteiger partial charge in [-0.1, -0.05) is 0 Å². The molecule has 4 aromatic heterocycles. The van der Waals surface area contributed by atoms with Crippen LogP contribution < -0.4 is 4.90 Å². The molecule has 1 aliphatic heterocycles. The molecule has 8 heteroatoms. The van der Waals surface area contributed by atoms with Gasteiger partial charge in [-0.15, -0.1) is 0 Å². The molecule has 0 bridgehead atoms. The fourth-order valence-corrected chi connectivity index (χ4v) is 4.01. The van der Waals surface area contributed by atoms with E-state index >= 15 is 0 Å². The molecule has 148 valence electrons. The first-order chi connectivity index (χ1) is 14.1. The molecule has 4 aromatic rings. The van der Waals surface area contributed by atoms with Gasteiger partial charge in [0.2, 0.25) is 0 Å². The van der Waals surface area contributed by atoms with Crippen LogP contribution in [0.25, 0.3) is 33.5 Å². The van der Waals surface area contributed by atoms with Crippen molar-refractivity contribution in [2.75, 3.05) is 24.7 Å². The lowest BCUT2D eigenvalue weighted by atomic mass is 10.0. The maximum Gasteiger partial charge on any atom is 0.130 e. The first-order valence-electron chi connectivity index (χ1n) is 9.74. The molecule has 1 fully saturated rings. The summed E-state index contributed by atoms with van der Waals surface area (Å²) in [5.41, 5.74) is 5.74. The number of anilines is 1. The number of pyridine rings is 2. The van der Waals surface area contributed by atoms with E-state index in [2.05, 4.69) is 40.0 Å². The SMILES string of the molecule is Cc1cnc(-c2ccn[nH]2)c2nc(N3CCOCC3C)cc(-c3cncn3C)c12. The Morgan fingerprint density at radius 1 is 1.28 bits per heavy atom. The summed E-state index contributed by atoms with van der Waals surface area (Å²) in [5, 5.41) is 8.22. The van der Waals surface area contributed by atoms with Gasteiger partial charge >= 0.3 is 0 Å². The number of hydrogen-bond donors (Lipinski definition) is 1. The van der Waals surface area contributed by atoms with Gasteiger partial charge in [0.25, 0.3) is 0 Å². The number of ether oxygens (including phenoxy) is 1. The maximum absolute atomic E-state index is 5.64. The van der Waals surface area contributed by atoms with Gasteiger partial charge in [0.05, 0.1) is 43.2 Å². The second kappa shape index (κ2) is 6.97. The number of hydrogen-bond acceptors (Lipinski definition) is 6. The third-order valence-corrected chi connectivity index (χ3v) is 5.52. The molecule has 1 aliphatic rings. The Bertz CT molecular complexity index is 1170. The van der Waals surface area contributed by atoms with Crippen molar-refractivity contribution >= 4 is 16.7 Å². The van der Waals surface area contributed by atoms with Gasteiger partial charge in [-0.25, -0.2) is 9.97 Å². The molecule has 29 heavy (non-hydrogen) atoms. The summed E-state index contributed by atoms with van der Waals surface area (Å²) in [6.45, 7) is 6.44. The number of H-pyrrole nitrogens is 1. The molecule has 1 unspecified atom stereocenters. The lowest BCUT2D eigenvalue weighted by Crippen LogP contribution is -2.44. The standard InChI is InChI=1S/C21H23N7O/c1-13-9-23-20(16-4-5-24-26-16)21-19(13)15(17-10-22-12-27(17)3)8-18(25-21)28-6-7-29-11-14(28)2/h4-5,8-10,12,14H,6-7,11H2,1-3H3,(H,24,26). The summed E-state index contributed by atoms with van der Waals surface area (Å²) in [5.74, 6) is 0.928. The molecule has 5 rings (SSSR count). The molecule has 0 amide bonds. The van der Waals surface area contributed by atoms with Gasteiger partial charge in [0.15, 0.2) is 0 Å². The van der Waals surface area contributed by atoms with E-state index in [-0.39, 0.29) is 6.04 Å². The van der Waals surface area contributed by atoms with Crippen molar-refractivity contribution in [3.63, 3.8) is 0 Å². The van der Waals surface area contributed by atoms with Crippen LogP contribution in [0.5, 0.6) is 0 Å². The van der Waals surface area contributed by atoms with Crippen molar-refractivity contribution in [3.05, 3.63) is 42.6 Å². The fourth-order valence-electron chi connectivity index (χ4n) is 4.01. The zero-order valence-corrected chi connectivity index (χ0v) is 16.8. The van der Waals surface area contributed by atoms with E-state index in [0.29, 0.717) is 13.2 Å². The van der Waals surface area contributed by atoms with Crippen LogP contribution in [-0.2, 0) is 11.8 Å². The summed E-state index contributed by atoms with van der Waals surface area (Å²) in [6, 6.07) is 4.35. The van der Waals surface area contributed by atoms with Crippen LogP contribution >= 0.6 is 0 Å². The normalized spacial score (nSPS) is 17.2. The van der Waals surface area contributed by atoms with Gasteiger partial charge in [0.1, 0.15) is 17.0 Å². The van der Waals surface area contributed by atoms with Gasteiger partial charge in [-0.2, -0.15) is 5.10 Å². The molecule has 0 spiro atoms. The number of morpholine rings is 1.